The van der Waals surface area contributed by atoms with Crippen LogP contribution in [0.2, 0.25) is 0 Å². The molecule has 2 N–H and O–H groups in total. The standard InChI is InChI=1S/C11H11NO/c1-13-10-7-6-8-4-2-3-5-9(8)11(10)12/h2-7H,12H2,1H3. The minimum absolute atomic E-state index is 0.709. The van der Waals surface area contributed by atoms with Crippen molar-refractivity contribution in [1.82, 2.24) is 0 Å². The molecule has 0 heterocycles. The maximum atomic E-state index is 5.90. The highest BCUT2D eigenvalue weighted by atomic mass is 16.5. The van der Waals surface area contributed by atoms with Gasteiger partial charge in [0.2, 0.25) is 0 Å². The normalized spacial score (nSPS) is 10.2. The van der Waals surface area contributed by atoms with Crippen molar-refractivity contribution < 1.29 is 4.74 Å². The molecule has 0 bridgehead atoms. The number of nitrogens with two attached hydrogens (primary N) is 1. The Morgan fingerprint density at radius 1 is 1.08 bits per heavy atom. The lowest BCUT2D eigenvalue weighted by Crippen LogP contribution is -1.92. The SMILES string of the molecule is COc1ccc2ccccc2c1N. The second kappa shape index (κ2) is 2.98. The molecule has 2 aromatic carbocycles. The van der Waals surface area contributed by atoms with Crippen LogP contribution in [0.3, 0.4) is 0 Å². The molecular formula is C11H11NO. The van der Waals surface area contributed by atoms with E-state index in [9.17, 15) is 0 Å². The van der Waals surface area contributed by atoms with Gasteiger partial charge >= 0.3 is 0 Å². The number of ether oxygens (including phenoxy) is 1. The summed E-state index contributed by atoms with van der Waals surface area (Å²) in [7, 11) is 1.63. The highest BCUT2D eigenvalue weighted by Gasteiger charge is 2.02. The first-order valence-corrected chi connectivity index (χ1v) is 4.14. The molecule has 0 aliphatic heterocycles. The van der Waals surface area contributed by atoms with Crippen LogP contribution in [-0.2, 0) is 0 Å². The Hall–Kier alpha value is -1.70. The van der Waals surface area contributed by atoms with Crippen molar-refractivity contribution in [2.75, 3.05) is 12.8 Å². The summed E-state index contributed by atoms with van der Waals surface area (Å²) in [5.41, 5.74) is 6.61. The molecule has 0 saturated heterocycles. The Bertz CT molecular complexity index is 437. The van der Waals surface area contributed by atoms with Gasteiger partial charge in [-0.3, -0.25) is 0 Å². The van der Waals surface area contributed by atoms with Crippen LogP contribution in [0.25, 0.3) is 10.8 Å². The minimum Gasteiger partial charge on any atom is -0.495 e. The smallest absolute Gasteiger partial charge is 0.142 e. The average molecular weight is 173 g/mol. The first-order chi connectivity index (χ1) is 6.33. The molecule has 0 amide bonds. The molecule has 2 rings (SSSR count). The molecule has 0 fully saturated rings. The molecule has 0 aliphatic carbocycles. The molecule has 0 aromatic heterocycles. The summed E-state index contributed by atoms with van der Waals surface area (Å²) in [5.74, 6) is 0.735. The molecule has 66 valence electrons. The van der Waals surface area contributed by atoms with E-state index in [1.165, 1.54) is 0 Å². The minimum atomic E-state index is 0.709. The summed E-state index contributed by atoms with van der Waals surface area (Å²) in [4.78, 5) is 0. The van der Waals surface area contributed by atoms with Crippen LogP contribution >= 0.6 is 0 Å². The van der Waals surface area contributed by atoms with Gasteiger partial charge in [-0.05, 0) is 11.5 Å². The first kappa shape index (κ1) is 7.92. The van der Waals surface area contributed by atoms with Crippen LogP contribution < -0.4 is 10.5 Å². The largest absolute Gasteiger partial charge is 0.495 e. The summed E-state index contributed by atoms with van der Waals surface area (Å²) < 4.78 is 5.13. The molecule has 0 unspecified atom stereocenters. The zero-order valence-electron chi connectivity index (χ0n) is 7.45. The second-order valence-electron chi connectivity index (χ2n) is 2.90. The van der Waals surface area contributed by atoms with Gasteiger partial charge in [-0.1, -0.05) is 30.3 Å². The Kier molecular flexibility index (Phi) is 1.81. The van der Waals surface area contributed by atoms with Gasteiger partial charge in [-0.15, -0.1) is 0 Å². The summed E-state index contributed by atoms with van der Waals surface area (Å²) in [6.45, 7) is 0. The van der Waals surface area contributed by atoms with Crippen molar-refractivity contribution in [3.05, 3.63) is 36.4 Å². The van der Waals surface area contributed by atoms with Gasteiger partial charge in [0.05, 0.1) is 12.8 Å². The third-order valence-electron chi connectivity index (χ3n) is 2.15. The van der Waals surface area contributed by atoms with E-state index in [-0.39, 0.29) is 0 Å². The van der Waals surface area contributed by atoms with E-state index in [1.54, 1.807) is 7.11 Å². The van der Waals surface area contributed by atoms with Crippen LogP contribution in [0, 0.1) is 0 Å². The Labute approximate surface area is 76.9 Å². The van der Waals surface area contributed by atoms with E-state index in [2.05, 4.69) is 0 Å². The van der Waals surface area contributed by atoms with Crippen LogP contribution in [0.1, 0.15) is 0 Å². The lowest BCUT2D eigenvalue weighted by molar-refractivity contribution is 0.417. The van der Waals surface area contributed by atoms with Crippen LogP contribution in [0.15, 0.2) is 36.4 Å². The Balaban J connectivity index is 2.79. The third kappa shape index (κ3) is 1.20. The van der Waals surface area contributed by atoms with Gasteiger partial charge < -0.3 is 10.5 Å². The molecule has 0 aliphatic rings. The molecule has 0 atom stereocenters. The number of hydrogen-bond donors (Lipinski definition) is 1. The molecule has 2 nitrogen and oxygen atoms in total. The zero-order chi connectivity index (χ0) is 9.26. The number of hydrogen-bond acceptors (Lipinski definition) is 2. The van der Waals surface area contributed by atoms with Gasteiger partial charge in [0.25, 0.3) is 0 Å². The number of rotatable bonds is 1. The van der Waals surface area contributed by atoms with Crippen molar-refractivity contribution >= 4 is 16.5 Å². The molecule has 0 spiro atoms. The van der Waals surface area contributed by atoms with Gasteiger partial charge in [0, 0.05) is 5.39 Å². The highest BCUT2D eigenvalue weighted by molar-refractivity contribution is 5.95. The summed E-state index contributed by atoms with van der Waals surface area (Å²) in [6.07, 6.45) is 0. The van der Waals surface area contributed by atoms with E-state index in [0.717, 1.165) is 16.5 Å². The Morgan fingerprint density at radius 2 is 1.85 bits per heavy atom. The Morgan fingerprint density at radius 3 is 2.62 bits per heavy atom. The maximum absolute atomic E-state index is 5.90. The van der Waals surface area contributed by atoms with Crippen molar-refractivity contribution in [2.45, 2.75) is 0 Å². The lowest BCUT2D eigenvalue weighted by atomic mass is 10.1. The fourth-order valence-corrected chi connectivity index (χ4v) is 1.45. The number of fused-ring (bicyclic) bond motifs is 1. The predicted molar refractivity (Wildman–Crippen MR) is 54.9 cm³/mol. The van der Waals surface area contributed by atoms with Crippen LogP contribution in [0.4, 0.5) is 5.69 Å². The second-order valence-corrected chi connectivity index (χ2v) is 2.90. The molecule has 2 aromatic rings. The monoisotopic (exact) mass is 173 g/mol. The summed E-state index contributed by atoms with van der Waals surface area (Å²) in [6, 6.07) is 11.9. The highest BCUT2D eigenvalue weighted by Crippen LogP contribution is 2.29. The first-order valence-electron chi connectivity index (χ1n) is 4.14. The van der Waals surface area contributed by atoms with Crippen molar-refractivity contribution in [3.63, 3.8) is 0 Å². The van der Waals surface area contributed by atoms with E-state index in [1.807, 2.05) is 36.4 Å². The number of methoxy groups -OCH3 is 1. The fourth-order valence-electron chi connectivity index (χ4n) is 1.45. The van der Waals surface area contributed by atoms with E-state index >= 15 is 0 Å². The number of benzene rings is 2. The summed E-state index contributed by atoms with van der Waals surface area (Å²) >= 11 is 0. The van der Waals surface area contributed by atoms with E-state index in [4.69, 9.17) is 10.5 Å². The molecule has 2 heteroatoms. The molecular weight excluding hydrogens is 162 g/mol. The predicted octanol–water partition coefficient (Wildman–Crippen LogP) is 2.43. The molecule has 0 saturated carbocycles. The molecule has 0 radical (unpaired) electrons. The van der Waals surface area contributed by atoms with Gasteiger partial charge in [0.1, 0.15) is 5.75 Å². The average Bonchev–Trinajstić information content (AvgIpc) is 2.19. The quantitative estimate of drug-likeness (QED) is 0.672. The molecule has 13 heavy (non-hydrogen) atoms. The van der Waals surface area contributed by atoms with Crippen LogP contribution in [0.5, 0.6) is 5.75 Å². The zero-order valence-corrected chi connectivity index (χ0v) is 7.45. The third-order valence-corrected chi connectivity index (χ3v) is 2.15. The number of anilines is 1. The fraction of sp³-hybridized carbons (Fsp3) is 0.0909. The number of nitrogen functional groups attached to an aromatic ring is 1. The van der Waals surface area contributed by atoms with Gasteiger partial charge in [0.15, 0.2) is 0 Å². The summed E-state index contributed by atoms with van der Waals surface area (Å²) in [5, 5.41) is 2.18. The topological polar surface area (TPSA) is 35.2 Å². The van der Waals surface area contributed by atoms with Crippen molar-refractivity contribution in [1.29, 1.82) is 0 Å². The lowest BCUT2D eigenvalue weighted by Gasteiger charge is -2.06. The van der Waals surface area contributed by atoms with Gasteiger partial charge in [-0.25, -0.2) is 0 Å². The van der Waals surface area contributed by atoms with E-state index in [0.29, 0.717) is 5.69 Å². The maximum Gasteiger partial charge on any atom is 0.142 e. The van der Waals surface area contributed by atoms with E-state index < -0.39 is 0 Å². The van der Waals surface area contributed by atoms with Gasteiger partial charge in [-0.2, -0.15) is 0 Å². The van der Waals surface area contributed by atoms with Crippen molar-refractivity contribution in [3.8, 4) is 5.75 Å². The van der Waals surface area contributed by atoms with Crippen molar-refractivity contribution in [2.24, 2.45) is 0 Å². The van der Waals surface area contributed by atoms with Crippen LogP contribution in [-0.4, -0.2) is 7.11 Å².